The number of rotatable bonds is 4. The van der Waals surface area contributed by atoms with Crippen LogP contribution >= 0.6 is 0 Å². The van der Waals surface area contributed by atoms with Crippen LogP contribution in [0.2, 0.25) is 0 Å². The van der Waals surface area contributed by atoms with Gasteiger partial charge in [0, 0.05) is 18.9 Å². The molecule has 1 unspecified atom stereocenters. The predicted molar refractivity (Wildman–Crippen MR) is 89.8 cm³/mol. The van der Waals surface area contributed by atoms with Gasteiger partial charge in [-0.3, -0.25) is 4.98 Å². The van der Waals surface area contributed by atoms with Crippen molar-refractivity contribution in [1.82, 2.24) is 19.5 Å². The molecule has 0 N–H and O–H groups in total. The summed E-state index contributed by atoms with van der Waals surface area (Å²) in [6, 6.07) is 11.6. The maximum atomic E-state index is 12.9. The molecule has 0 spiro atoms. The van der Waals surface area contributed by atoms with Crippen molar-refractivity contribution in [1.29, 1.82) is 0 Å². The molecule has 1 saturated heterocycles. The van der Waals surface area contributed by atoms with Gasteiger partial charge in [-0.05, 0) is 37.1 Å². The van der Waals surface area contributed by atoms with Crippen molar-refractivity contribution in [3.63, 3.8) is 0 Å². The molecular weight excluding hydrogens is 340 g/mol. The summed E-state index contributed by atoms with van der Waals surface area (Å²) in [5.41, 5.74) is 0.705. The maximum absolute atomic E-state index is 12.9. The molecule has 8 heteroatoms. The molecule has 1 aromatic carbocycles. The number of benzene rings is 1. The third-order valence-corrected chi connectivity index (χ3v) is 6.11. The van der Waals surface area contributed by atoms with Crippen LogP contribution in [-0.4, -0.2) is 34.4 Å². The van der Waals surface area contributed by atoms with Gasteiger partial charge in [0.15, 0.2) is 0 Å². The topological polar surface area (TPSA) is 89.2 Å². The first-order valence-corrected chi connectivity index (χ1v) is 9.41. The molecule has 2 aromatic heterocycles. The summed E-state index contributed by atoms with van der Waals surface area (Å²) in [6.07, 6.45) is 4.69. The highest BCUT2D eigenvalue weighted by Crippen LogP contribution is 2.36. The van der Waals surface area contributed by atoms with Gasteiger partial charge in [-0.15, -0.1) is 10.2 Å². The Morgan fingerprint density at radius 2 is 1.92 bits per heavy atom. The van der Waals surface area contributed by atoms with E-state index < -0.39 is 16.1 Å². The Morgan fingerprint density at radius 1 is 1.08 bits per heavy atom. The lowest BCUT2D eigenvalue weighted by molar-refractivity contribution is 0.332. The molecule has 3 heterocycles. The van der Waals surface area contributed by atoms with Crippen molar-refractivity contribution in [3.05, 3.63) is 60.7 Å². The SMILES string of the molecule is O=S(=O)(c1ccccc1)N1CCCC1c1nnc(-c2cccnc2)o1. The summed E-state index contributed by atoms with van der Waals surface area (Å²) in [6.45, 7) is 0.437. The summed E-state index contributed by atoms with van der Waals surface area (Å²) < 4.78 is 33.0. The summed E-state index contributed by atoms with van der Waals surface area (Å²) in [7, 11) is -3.60. The van der Waals surface area contributed by atoms with E-state index in [1.807, 2.05) is 6.07 Å². The summed E-state index contributed by atoms with van der Waals surface area (Å²) in [5, 5.41) is 8.12. The second-order valence-electron chi connectivity index (χ2n) is 5.77. The smallest absolute Gasteiger partial charge is 0.249 e. The van der Waals surface area contributed by atoms with Gasteiger partial charge in [0.25, 0.3) is 0 Å². The van der Waals surface area contributed by atoms with Gasteiger partial charge < -0.3 is 4.42 Å². The average Bonchev–Trinajstić information content (AvgIpc) is 3.33. The van der Waals surface area contributed by atoms with Crippen LogP contribution in [0.1, 0.15) is 24.8 Å². The first-order chi connectivity index (χ1) is 12.2. The van der Waals surface area contributed by atoms with Crippen molar-refractivity contribution < 1.29 is 12.8 Å². The lowest BCUT2D eigenvalue weighted by Crippen LogP contribution is -2.30. The standard InChI is InChI=1S/C17H16N4O3S/c22-25(23,14-7-2-1-3-8-14)21-11-5-9-15(21)17-20-19-16(24-17)13-6-4-10-18-12-13/h1-4,6-8,10,12,15H,5,9,11H2. The predicted octanol–water partition coefficient (Wildman–Crippen LogP) is 2.66. The van der Waals surface area contributed by atoms with Crippen LogP contribution in [0.25, 0.3) is 11.5 Å². The molecule has 4 rings (SSSR count). The van der Waals surface area contributed by atoms with E-state index in [-0.39, 0.29) is 4.90 Å². The zero-order valence-electron chi connectivity index (χ0n) is 13.3. The first-order valence-electron chi connectivity index (χ1n) is 7.97. The fourth-order valence-corrected chi connectivity index (χ4v) is 4.65. The molecule has 1 atom stereocenters. The van der Waals surface area contributed by atoms with Crippen molar-refractivity contribution >= 4 is 10.0 Å². The van der Waals surface area contributed by atoms with E-state index in [1.165, 1.54) is 4.31 Å². The molecule has 25 heavy (non-hydrogen) atoms. The van der Waals surface area contributed by atoms with Crippen molar-refractivity contribution in [2.45, 2.75) is 23.8 Å². The van der Waals surface area contributed by atoms with Gasteiger partial charge in [0.05, 0.1) is 10.5 Å². The zero-order chi connectivity index (χ0) is 17.3. The number of pyridine rings is 1. The summed E-state index contributed by atoms with van der Waals surface area (Å²) in [5.74, 6) is 0.655. The molecule has 0 aliphatic carbocycles. The fourth-order valence-electron chi connectivity index (χ4n) is 2.98. The van der Waals surface area contributed by atoms with Crippen LogP contribution in [0.5, 0.6) is 0 Å². The Kier molecular flexibility index (Phi) is 4.06. The lowest BCUT2D eigenvalue weighted by Gasteiger charge is -2.21. The van der Waals surface area contributed by atoms with E-state index in [1.54, 1.807) is 48.8 Å². The molecule has 1 aliphatic rings. The molecule has 3 aromatic rings. The number of hydrogen-bond donors (Lipinski definition) is 0. The van der Waals surface area contributed by atoms with Gasteiger partial charge in [-0.25, -0.2) is 8.42 Å². The van der Waals surface area contributed by atoms with E-state index in [0.717, 1.165) is 6.42 Å². The van der Waals surface area contributed by atoms with E-state index in [9.17, 15) is 8.42 Å². The minimum absolute atomic E-state index is 0.272. The zero-order valence-corrected chi connectivity index (χ0v) is 14.1. The average molecular weight is 356 g/mol. The van der Waals surface area contributed by atoms with Crippen LogP contribution in [0.3, 0.4) is 0 Å². The molecule has 1 fully saturated rings. The van der Waals surface area contributed by atoms with Crippen molar-refractivity contribution in [3.8, 4) is 11.5 Å². The van der Waals surface area contributed by atoms with Crippen molar-refractivity contribution in [2.24, 2.45) is 0 Å². The summed E-state index contributed by atoms with van der Waals surface area (Å²) in [4.78, 5) is 4.30. The highest BCUT2D eigenvalue weighted by molar-refractivity contribution is 7.89. The van der Waals surface area contributed by atoms with Crippen molar-refractivity contribution in [2.75, 3.05) is 6.54 Å². The van der Waals surface area contributed by atoms with Gasteiger partial charge in [-0.2, -0.15) is 4.31 Å². The van der Waals surface area contributed by atoms with E-state index >= 15 is 0 Å². The van der Waals surface area contributed by atoms with Gasteiger partial charge in [0.2, 0.25) is 21.8 Å². The number of sulfonamides is 1. The third kappa shape index (κ3) is 2.94. The molecule has 0 amide bonds. The highest BCUT2D eigenvalue weighted by Gasteiger charge is 2.39. The second kappa shape index (κ2) is 6.38. The largest absolute Gasteiger partial charge is 0.419 e. The van der Waals surface area contributed by atoms with Crippen LogP contribution in [-0.2, 0) is 10.0 Å². The van der Waals surface area contributed by atoms with Crippen LogP contribution in [0, 0.1) is 0 Å². The van der Waals surface area contributed by atoms with Gasteiger partial charge in [0.1, 0.15) is 6.04 Å². The fraction of sp³-hybridized carbons (Fsp3) is 0.235. The number of hydrogen-bond acceptors (Lipinski definition) is 6. The Morgan fingerprint density at radius 3 is 2.68 bits per heavy atom. The van der Waals surface area contributed by atoms with E-state index in [0.29, 0.717) is 30.3 Å². The molecule has 128 valence electrons. The maximum Gasteiger partial charge on any atom is 0.249 e. The molecule has 1 aliphatic heterocycles. The van der Waals surface area contributed by atoms with Gasteiger partial charge >= 0.3 is 0 Å². The lowest BCUT2D eigenvalue weighted by atomic mass is 10.2. The minimum Gasteiger partial charge on any atom is -0.419 e. The minimum atomic E-state index is -3.60. The molecular formula is C17H16N4O3S. The highest BCUT2D eigenvalue weighted by atomic mass is 32.2. The quantitative estimate of drug-likeness (QED) is 0.714. The Hall–Kier alpha value is -2.58. The molecule has 0 saturated carbocycles. The first kappa shape index (κ1) is 15.9. The normalized spacial score (nSPS) is 18.5. The van der Waals surface area contributed by atoms with Crippen LogP contribution in [0.4, 0.5) is 0 Å². The number of aromatic nitrogens is 3. The third-order valence-electron chi connectivity index (χ3n) is 4.19. The molecule has 0 bridgehead atoms. The number of nitrogens with zero attached hydrogens (tertiary/aromatic N) is 4. The monoisotopic (exact) mass is 356 g/mol. The molecule has 0 radical (unpaired) electrons. The Balaban J connectivity index is 1.66. The van der Waals surface area contributed by atoms with Crippen LogP contribution in [0.15, 0.2) is 64.2 Å². The van der Waals surface area contributed by atoms with Crippen LogP contribution < -0.4 is 0 Å². The Bertz CT molecular complexity index is 958. The van der Waals surface area contributed by atoms with E-state index in [2.05, 4.69) is 15.2 Å². The van der Waals surface area contributed by atoms with Gasteiger partial charge in [-0.1, -0.05) is 18.2 Å². The summed E-state index contributed by atoms with van der Waals surface area (Å²) >= 11 is 0. The molecule has 7 nitrogen and oxygen atoms in total. The second-order valence-corrected chi connectivity index (χ2v) is 7.66. The Labute approximate surface area is 145 Å². The van der Waals surface area contributed by atoms with E-state index in [4.69, 9.17) is 4.42 Å².